The Labute approximate surface area is 167 Å². The summed E-state index contributed by atoms with van der Waals surface area (Å²) >= 11 is 0. The number of methoxy groups -OCH3 is 1. The zero-order chi connectivity index (χ0) is 18.9. The largest absolute Gasteiger partial charge is 0.493 e. The van der Waals surface area contributed by atoms with Crippen LogP contribution in [0.1, 0.15) is 36.2 Å². The van der Waals surface area contributed by atoms with Crippen LogP contribution in [0.3, 0.4) is 0 Å². The van der Waals surface area contributed by atoms with Gasteiger partial charge in [0.1, 0.15) is 0 Å². The van der Waals surface area contributed by atoms with Gasteiger partial charge >= 0.3 is 0 Å². The molecule has 3 N–H and O–H groups in total. The van der Waals surface area contributed by atoms with Crippen LogP contribution in [0.5, 0.6) is 11.5 Å². The third kappa shape index (κ3) is 7.39. The first-order valence-electron chi connectivity index (χ1n) is 8.93. The molecule has 0 atom stereocenters. The lowest BCUT2D eigenvalue weighted by atomic mass is 10.1. The van der Waals surface area contributed by atoms with Crippen LogP contribution >= 0.6 is 12.4 Å². The summed E-state index contributed by atoms with van der Waals surface area (Å²) < 4.78 is 11.1. The average Bonchev–Trinajstić information content (AvgIpc) is 2.63. The van der Waals surface area contributed by atoms with Crippen molar-refractivity contribution in [2.75, 3.05) is 26.0 Å². The van der Waals surface area contributed by atoms with Crippen LogP contribution in [0.4, 0.5) is 5.69 Å². The van der Waals surface area contributed by atoms with Gasteiger partial charge in [0.25, 0.3) is 5.91 Å². The van der Waals surface area contributed by atoms with E-state index >= 15 is 0 Å². The third-order valence-electron chi connectivity index (χ3n) is 4.06. The molecule has 148 valence electrons. The topological polar surface area (TPSA) is 73.6 Å². The minimum absolute atomic E-state index is 0. The minimum Gasteiger partial charge on any atom is -0.493 e. The number of carbonyl (C=O) groups excluding carboxylic acids is 1. The van der Waals surface area contributed by atoms with E-state index in [0.717, 1.165) is 24.1 Å². The van der Waals surface area contributed by atoms with Gasteiger partial charge < -0.3 is 20.5 Å². The molecule has 0 bridgehead atoms. The second-order valence-corrected chi connectivity index (χ2v) is 6.64. The lowest BCUT2D eigenvalue weighted by Gasteiger charge is -2.13. The number of carbonyl (C=O) groups is 1. The number of amides is 1. The highest BCUT2D eigenvalue weighted by Crippen LogP contribution is 2.28. The Balaban J connectivity index is 0.00000364. The molecule has 0 aliphatic heterocycles. The first-order valence-corrected chi connectivity index (χ1v) is 8.93. The molecule has 5 nitrogen and oxygen atoms in total. The van der Waals surface area contributed by atoms with E-state index in [4.69, 9.17) is 15.2 Å². The number of nitrogens with one attached hydrogen (secondary N) is 1. The van der Waals surface area contributed by atoms with E-state index in [-0.39, 0.29) is 18.3 Å². The van der Waals surface area contributed by atoms with Crippen molar-refractivity contribution in [1.82, 2.24) is 5.32 Å². The van der Waals surface area contributed by atoms with Crippen molar-refractivity contribution in [3.63, 3.8) is 0 Å². The van der Waals surface area contributed by atoms with Crippen molar-refractivity contribution < 1.29 is 14.3 Å². The van der Waals surface area contributed by atoms with Gasteiger partial charge in [-0.2, -0.15) is 0 Å². The summed E-state index contributed by atoms with van der Waals surface area (Å²) in [6.07, 6.45) is 1.72. The fraction of sp³-hybridized carbons (Fsp3) is 0.381. The maximum Gasteiger partial charge on any atom is 0.251 e. The van der Waals surface area contributed by atoms with Crippen molar-refractivity contribution in [2.45, 2.75) is 26.7 Å². The summed E-state index contributed by atoms with van der Waals surface area (Å²) in [4.78, 5) is 12.3. The Bertz CT molecular complexity index is 718. The van der Waals surface area contributed by atoms with E-state index in [0.29, 0.717) is 36.1 Å². The first kappa shape index (κ1) is 22.6. The Morgan fingerprint density at radius 3 is 2.44 bits per heavy atom. The van der Waals surface area contributed by atoms with Crippen molar-refractivity contribution >= 4 is 24.0 Å². The summed E-state index contributed by atoms with van der Waals surface area (Å²) in [7, 11) is 1.58. The van der Waals surface area contributed by atoms with Crippen molar-refractivity contribution in [1.29, 1.82) is 0 Å². The Morgan fingerprint density at radius 2 is 1.81 bits per heavy atom. The number of hydrogen-bond acceptors (Lipinski definition) is 4. The standard InChI is InChI=1S/C21H28N2O3.ClH/c1-15(2)11-13-26-19-9-6-17(14-20(19)25-3)21(24)23-12-10-16-4-7-18(22)8-5-16;/h4-9,14-15H,10-13,22H2,1-3H3,(H,23,24);1H. The summed E-state index contributed by atoms with van der Waals surface area (Å²) in [5.74, 6) is 1.67. The van der Waals surface area contributed by atoms with Crippen LogP contribution in [-0.2, 0) is 6.42 Å². The zero-order valence-electron chi connectivity index (χ0n) is 16.2. The van der Waals surface area contributed by atoms with E-state index in [1.54, 1.807) is 25.3 Å². The Hall–Kier alpha value is -2.40. The van der Waals surface area contributed by atoms with Gasteiger partial charge in [0.15, 0.2) is 11.5 Å². The summed E-state index contributed by atoms with van der Waals surface area (Å²) in [6.45, 7) is 5.48. The molecule has 0 aliphatic carbocycles. The fourth-order valence-corrected chi connectivity index (χ4v) is 2.44. The summed E-state index contributed by atoms with van der Waals surface area (Å²) in [6, 6.07) is 12.9. The number of nitrogen functional groups attached to an aromatic ring is 1. The molecule has 0 aromatic heterocycles. The molecule has 0 saturated carbocycles. The molecule has 0 radical (unpaired) electrons. The van der Waals surface area contributed by atoms with Crippen LogP contribution in [0.25, 0.3) is 0 Å². The highest BCUT2D eigenvalue weighted by atomic mass is 35.5. The first-order chi connectivity index (χ1) is 12.5. The number of anilines is 1. The maximum absolute atomic E-state index is 12.3. The van der Waals surface area contributed by atoms with Gasteiger partial charge in [0.05, 0.1) is 13.7 Å². The van der Waals surface area contributed by atoms with Gasteiger partial charge in [-0.25, -0.2) is 0 Å². The lowest BCUT2D eigenvalue weighted by molar-refractivity contribution is 0.0953. The Kier molecular flexibility index (Phi) is 9.51. The van der Waals surface area contributed by atoms with Gasteiger partial charge in [-0.15, -0.1) is 12.4 Å². The van der Waals surface area contributed by atoms with E-state index in [2.05, 4.69) is 19.2 Å². The van der Waals surface area contributed by atoms with Gasteiger partial charge in [-0.3, -0.25) is 4.79 Å². The van der Waals surface area contributed by atoms with Gasteiger partial charge in [-0.1, -0.05) is 26.0 Å². The molecule has 1 amide bonds. The molecule has 0 spiro atoms. The highest BCUT2D eigenvalue weighted by Gasteiger charge is 2.11. The highest BCUT2D eigenvalue weighted by molar-refractivity contribution is 5.94. The normalized spacial score (nSPS) is 10.2. The predicted molar refractivity (Wildman–Crippen MR) is 112 cm³/mol. The monoisotopic (exact) mass is 392 g/mol. The van der Waals surface area contributed by atoms with E-state index < -0.39 is 0 Å². The quantitative estimate of drug-likeness (QED) is 0.630. The Morgan fingerprint density at radius 1 is 1.11 bits per heavy atom. The lowest BCUT2D eigenvalue weighted by Crippen LogP contribution is -2.25. The molecule has 27 heavy (non-hydrogen) atoms. The third-order valence-corrected chi connectivity index (χ3v) is 4.06. The molecule has 6 heteroatoms. The van der Waals surface area contributed by atoms with Crippen LogP contribution in [-0.4, -0.2) is 26.2 Å². The zero-order valence-corrected chi connectivity index (χ0v) is 17.0. The molecule has 0 unspecified atom stereocenters. The van der Waals surface area contributed by atoms with Gasteiger partial charge in [0, 0.05) is 17.8 Å². The van der Waals surface area contributed by atoms with E-state index in [9.17, 15) is 4.79 Å². The predicted octanol–water partition coefficient (Wildman–Crippen LogP) is 4.10. The molecule has 0 heterocycles. The number of hydrogen-bond donors (Lipinski definition) is 2. The molecular formula is C21H29ClN2O3. The minimum atomic E-state index is -0.132. The maximum atomic E-state index is 12.3. The number of benzene rings is 2. The van der Waals surface area contributed by atoms with Gasteiger partial charge in [0.2, 0.25) is 0 Å². The molecule has 0 saturated heterocycles. The molecule has 2 aromatic carbocycles. The van der Waals surface area contributed by atoms with Crippen LogP contribution in [0.15, 0.2) is 42.5 Å². The molecule has 0 aliphatic rings. The summed E-state index contributed by atoms with van der Waals surface area (Å²) in [5.41, 5.74) is 8.09. The van der Waals surface area contributed by atoms with Crippen LogP contribution < -0.4 is 20.5 Å². The number of nitrogens with two attached hydrogens (primary N) is 1. The molecule has 2 rings (SSSR count). The second-order valence-electron chi connectivity index (χ2n) is 6.64. The molecular weight excluding hydrogens is 364 g/mol. The van der Waals surface area contributed by atoms with Crippen molar-refractivity contribution in [3.05, 3.63) is 53.6 Å². The van der Waals surface area contributed by atoms with E-state index in [1.165, 1.54) is 0 Å². The van der Waals surface area contributed by atoms with Crippen LogP contribution in [0, 0.1) is 5.92 Å². The van der Waals surface area contributed by atoms with Crippen LogP contribution in [0.2, 0.25) is 0 Å². The van der Waals surface area contributed by atoms with Crippen molar-refractivity contribution in [2.24, 2.45) is 5.92 Å². The second kappa shape index (κ2) is 11.3. The average molecular weight is 393 g/mol. The fourth-order valence-electron chi connectivity index (χ4n) is 2.44. The summed E-state index contributed by atoms with van der Waals surface area (Å²) in [5, 5.41) is 2.92. The van der Waals surface area contributed by atoms with Crippen molar-refractivity contribution in [3.8, 4) is 11.5 Å². The SMILES string of the molecule is COc1cc(C(=O)NCCc2ccc(N)cc2)ccc1OCCC(C)C.Cl. The molecule has 0 fully saturated rings. The number of halogens is 1. The number of rotatable bonds is 9. The smallest absolute Gasteiger partial charge is 0.251 e. The van der Waals surface area contributed by atoms with E-state index in [1.807, 2.05) is 24.3 Å². The number of ether oxygens (including phenoxy) is 2. The van der Waals surface area contributed by atoms with Gasteiger partial charge in [-0.05, 0) is 54.7 Å². The molecule has 2 aromatic rings.